The van der Waals surface area contributed by atoms with Gasteiger partial charge in [0, 0.05) is 11.8 Å². The van der Waals surface area contributed by atoms with Crippen LogP contribution >= 0.6 is 0 Å². The van der Waals surface area contributed by atoms with Gasteiger partial charge in [0.2, 0.25) is 0 Å². The number of alkyl halides is 2. The van der Waals surface area contributed by atoms with Gasteiger partial charge in [-0.15, -0.1) is 0 Å². The van der Waals surface area contributed by atoms with Crippen LogP contribution in [0.4, 0.5) is 8.78 Å². The van der Waals surface area contributed by atoms with Crippen LogP contribution in [0.2, 0.25) is 0 Å². The number of hydrogen-bond acceptors (Lipinski definition) is 3. The Hall–Kier alpha value is -1.72. The van der Waals surface area contributed by atoms with Gasteiger partial charge >= 0.3 is 5.97 Å². The molecule has 0 saturated heterocycles. The predicted molar refractivity (Wildman–Crippen MR) is 47.4 cm³/mol. The first-order chi connectivity index (χ1) is 6.99. The Bertz CT molecular complexity index is 393. The van der Waals surface area contributed by atoms with Crippen molar-refractivity contribution in [3.63, 3.8) is 0 Å². The van der Waals surface area contributed by atoms with Gasteiger partial charge in [-0.2, -0.15) is 0 Å². The van der Waals surface area contributed by atoms with Crippen molar-refractivity contribution in [2.24, 2.45) is 0 Å². The van der Waals surface area contributed by atoms with E-state index in [1.807, 2.05) is 0 Å². The summed E-state index contributed by atoms with van der Waals surface area (Å²) in [7, 11) is 1.20. The fourth-order valence-corrected chi connectivity index (χ4v) is 1.23. The monoisotopic (exact) mass is 217 g/mol. The average Bonchev–Trinajstić information content (AvgIpc) is 2.16. The largest absolute Gasteiger partial charge is 0.494 e. The second kappa shape index (κ2) is 4.20. The lowest BCUT2D eigenvalue weighted by Gasteiger charge is -2.11. The summed E-state index contributed by atoms with van der Waals surface area (Å²) in [5.74, 6) is -1.40. The lowest BCUT2D eigenvalue weighted by atomic mass is 10.1. The molecule has 0 aliphatic rings. The van der Waals surface area contributed by atoms with E-state index in [-0.39, 0.29) is 16.9 Å². The van der Waals surface area contributed by atoms with E-state index in [0.717, 1.165) is 6.20 Å². The summed E-state index contributed by atoms with van der Waals surface area (Å²) in [4.78, 5) is 14.1. The number of aromatic carboxylic acids is 1. The zero-order chi connectivity index (χ0) is 11.6. The molecule has 4 nitrogen and oxygen atoms in total. The van der Waals surface area contributed by atoms with Crippen molar-refractivity contribution in [1.29, 1.82) is 0 Å². The molecular formula is C9H9F2NO3. The minimum absolute atomic E-state index is 0.142. The number of halogens is 2. The topological polar surface area (TPSA) is 59.4 Å². The molecule has 0 amide bonds. The van der Waals surface area contributed by atoms with Gasteiger partial charge in [0.25, 0.3) is 6.43 Å². The minimum atomic E-state index is -2.79. The summed E-state index contributed by atoms with van der Waals surface area (Å²) in [5.41, 5.74) is -0.536. The number of carbonyl (C=O) groups is 1. The Kier molecular flexibility index (Phi) is 3.18. The standard InChI is InChI=1S/C9H9F2NO3/c1-4-5(9(13)14)3-12-6(8(10)11)7(4)15-2/h3,8H,1-2H3,(H,13,14). The maximum atomic E-state index is 12.4. The van der Waals surface area contributed by atoms with E-state index in [0.29, 0.717) is 0 Å². The van der Waals surface area contributed by atoms with E-state index in [4.69, 9.17) is 9.84 Å². The molecular weight excluding hydrogens is 208 g/mol. The molecule has 0 spiro atoms. The van der Waals surface area contributed by atoms with Gasteiger partial charge in [-0.05, 0) is 6.92 Å². The van der Waals surface area contributed by atoms with Crippen LogP contribution in [0.3, 0.4) is 0 Å². The van der Waals surface area contributed by atoms with Crippen LogP contribution in [0.15, 0.2) is 6.20 Å². The second-order valence-electron chi connectivity index (χ2n) is 2.82. The van der Waals surface area contributed by atoms with Gasteiger partial charge < -0.3 is 9.84 Å². The van der Waals surface area contributed by atoms with Crippen LogP contribution in [0.25, 0.3) is 0 Å². The maximum absolute atomic E-state index is 12.4. The summed E-state index contributed by atoms with van der Waals surface area (Å²) < 4.78 is 29.6. The highest BCUT2D eigenvalue weighted by atomic mass is 19.3. The van der Waals surface area contributed by atoms with E-state index >= 15 is 0 Å². The van der Waals surface area contributed by atoms with Crippen molar-refractivity contribution >= 4 is 5.97 Å². The Labute approximate surface area is 84.5 Å². The fraction of sp³-hybridized carbons (Fsp3) is 0.333. The van der Waals surface area contributed by atoms with E-state index in [1.165, 1.54) is 14.0 Å². The molecule has 15 heavy (non-hydrogen) atoms. The summed E-state index contributed by atoms with van der Waals surface area (Å²) in [6.45, 7) is 1.40. The third-order valence-electron chi connectivity index (χ3n) is 1.95. The maximum Gasteiger partial charge on any atom is 0.337 e. The number of rotatable bonds is 3. The van der Waals surface area contributed by atoms with Crippen molar-refractivity contribution in [3.8, 4) is 5.75 Å². The second-order valence-corrected chi connectivity index (χ2v) is 2.82. The molecule has 0 fully saturated rings. The van der Waals surface area contributed by atoms with Crippen molar-refractivity contribution < 1.29 is 23.4 Å². The fourth-order valence-electron chi connectivity index (χ4n) is 1.23. The quantitative estimate of drug-likeness (QED) is 0.841. The van der Waals surface area contributed by atoms with Crippen molar-refractivity contribution in [1.82, 2.24) is 4.98 Å². The molecule has 0 aliphatic heterocycles. The smallest absolute Gasteiger partial charge is 0.337 e. The molecule has 0 saturated carbocycles. The highest BCUT2D eigenvalue weighted by Gasteiger charge is 2.21. The van der Waals surface area contributed by atoms with Gasteiger partial charge in [0.05, 0.1) is 12.7 Å². The molecule has 0 aromatic carbocycles. The summed E-state index contributed by atoms with van der Waals surface area (Å²) in [5, 5.41) is 8.73. The normalized spacial score (nSPS) is 10.5. The SMILES string of the molecule is COc1c(C(F)F)ncc(C(=O)O)c1C. The third kappa shape index (κ3) is 2.03. The third-order valence-corrected chi connectivity index (χ3v) is 1.95. The number of nitrogens with zero attached hydrogens (tertiary/aromatic N) is 1. The van der Waals surface area contributed by atoms with Crippen LogP contribution in [0, 0.1) is 6.92 Å². The number of aromatic nitrogens is 1. The Morgan fingerprint density at radius 3 is 2.60 bits per heavy atom. The molecule has 1 N–H and O–H groups in total. The molecule has 82 valence electrons. The highest BCUT2D eigenvalue weighted by Crippen LogP contribution is 2.31. The molecule has 1 rings (SSSR count). The van der Waals surface area contributed by atoms with Crippen LogP contribution in [-0.2, 0) is 0 Å². The number of methoxy groups -OCH3 is 1. The summed E-state index contributed by atoms with van der Waals surface area (Å²) in [6, 6.07) is 0. The zero-order valence-electron chi connectivity index (χ0n) is 8.12. The molecule has 1 aromatic rings. The number of carboxylic acids is 1. The minimum Gasteiger partial charge on any atom is -0.494 e. The van der Waals surface area contributed by atoms with Gasteiger partial charge in [-0.1, -0.05) is 0 Å². The highest BCUT2D eigenvalue weighted by molar-refractivity contribution is 5.89. The molecule has 0 atom stereocenters. The predicted octanol–water partition coefficient (Wildman–Crippen LogP) is 2.03. The van der Waals surface area contributed by atoms with E-state index in [1.54, 1.807) is 0 Å². The number of ether oxygens (including phenoxy) is 1. The Balaban J connectivity index is 3.39. The molecule has 0 radical (unpaired) electrons. The van der Waals surface area contributed by atoms with Gasteiger partial charge in [0.1, 0.15) is 11.4 Å². The molecule has 1 aromatic heterocycles. The van der Waals surface area contributed by atoms with Crippen molar-refractivity contribution in [2.75, 3.05) is 7.11 Å². The summed E-state index contributed by atoms with van der Waals surface area (Å²) >= 11 is 0. The van der Waals surface area contributed by atoms with Gasteiger partial charge in [-0.25, -0.2) is 13.6 Å². The lowest BCUT2D eigenvalue weighted by Crippen LogP contribution is -2.06. The number of carboxylic acid groups (broad SMARTS) is 1. The molecule has 0 aliphatic carbocycles. The first-order valence-corrected chi connectivity index (χ1v) is 4.04. The lowest BCUT2D eigenvalue weighted by molar-refractivity contribution is 0.0694. The van der Waals surface area contributed by atoms with Crippen LogP contribution in [0.1, 0.15) is 28.0 Å². The van der Waals surface area contributed by atoms with E-state index in [9.17, 15) is 13.6 Å². The number of hydrogen-bond donors (Lipinski definition) is 1. The van der Waals surface area contributed by atoms with Crippen LogP contribution < -0.4 is 4.74 Å². The van der Waals surface area contributed by atoms with E-state index in [2.05, 4.69) is 4.98 Å². The van der Waals surface area contributed by atoms with Gasteiger partial charge in [0.15, 0.2) is 0 Å². The summed E-state index contributed by atoms with van der Waals surface area (Å²) in [6.07, 6.45) is -1.89. The Morgan fingerprint density at radius 2 is 2.20 bits per heavy atom. The van der Waals surface area contributed by atoms with Gasteiger partial charge in [-0.3, -0.25) is 4.98 Å². The molecule has 1 heterocycles. The van der Waals surface area contributed by atoms with Crippen molar-refractivity contribution in [2.45, 2.75) is 13.3 Å². The van der Waals surface area contributed by atoms with Crippen LogP contribution in [0.5, 0.6) is 5.75 Å². The average molecular weight is 217 g/mol. The first kappa shape index (κ1) is 11.4. The van der Waals surface area contributed by atoms with Crippen LogP contribution in [-0.4, -0.2) is 23.2 Å². The van der Waals surface area contributed by atoms with Crippen molar-refractivity contribution in [3.05, 3.63) is 23.0 Å². The molecule has 0 bridgehead atoms. The number of pyridine rings is 1. The zero-order valence-corrected chi connectivity index (χ0v) is 8.12. The molecule has 0 unspecified atom stereocenters. The van der Waals surface area contributed by atoms with E-state index < -0.39 is 18.1 Å². The molecule has 6 heteroatoms. The first-order valence-electron chi connectivity index (χ1n) is 4.04. The Morgan fingerprint density at radius 1 is 1.60 bits per heavy atom.